The van der Waals surface area contributed by atoms with E-state index in [1.807, 2.05) is 35.0 Å². The van der Waals surface area contributed by atoms with Crippen LogP contribution in [0.5, 0.6) is 0 Å². The van der Waals surface area contributed by atoms with Crippen molar-refractivity contribution in [2.24, 2.45) is 10.7 Å². The van der Waals surface area contributed by atoms with Crippen LogP contribution >= 0.6 is 27.5 Å². The van der Waals surface area contributed by atoms with Gasteiger partial charge in [-0.2, -0.15) is 5.10 Å². The Morgan fingerprint density at radius 1 is 1.26 bits per heavy atom. The van der Waals surface area contributed by atoms with Crippen molar-refractivity contribution in [3.63, 3.8) is 0 Å². The van der Waals surface area contributed by atoms with E-state index in [1.165, 1.54) is 19.3 Å². The predicted molar refractivity (Wildman–Crippen MR) is 115 cm³/mol. The molecule has 0 radical (unpaired) electrons. The third kappa shape index (κ3) is 3.96. The summed E-state index contributed by atoms with van der Waals surface area (Å²) >= 11 is 9.79. The Bertz CT molecular complexity index is 991. The summed E-state index contributed by atoms with van der Waals surface area (Å²) in [5.74, 6) is 0.397. The number of hydrogen-bond donors (Lipinski definition) is 2. The van der Waals surface area contributed by atoms with Crippen molar-refractivity contribution in [3.8, 4) is 0 Å². The molecule has 1 saturated carbocycles. The Morgan fingerprint density at radius 3 is 2.81 bits per heavy atom. The van der Waals surface area contributed by atoms with Crippen LogP contribution in [0, 0.1) is 0 Å². The Balaban J connectivity index is 1.79. The Morgan fingerprint density at radius 2 is 2.04 bits per heavy atom. The molecule has 0 spiro atoms. The van der Waals surface area contributed by atoms with E-state index in [9.17, 15) is 0 Å². The lowest BCUT2D eigenvalue weighted by molar-refractivity contribution is 0.463. The highest BCUT2D eigenvalue weighted by molar-refractivity contribution is 9.10. The average molecular weight is 447 g/mol. The summed E-state index contributed by atoms with van der Waals surface area (Å²) in [4.78, 5) is 4.56. The van der Waals surface area contributed by atoms with E-state index >= 15 is 0 Å². The molecular weight excluding hydrogens is 426 g/mol. The van der Waals surface area contributed by atoms with Crippen LogP contribution in [0.25, 0.3) is 5.52 Å². The van der Waals surface area contributed by atoms with Gasteiger partial charge in [0, 0.05) is 16.7 Å². The number of benzene rings is 1. The monoisotopic (exact) mass is 445 g/mol. The topological polar surface area (TPSA) is 67.7 Å². The van der Waals surface area contributed by atoms with Crippen LogP contribution < -0.4 is 11.1 Å². The van der Waals surface area contributed by atoms with Crippen molar-refractivity contribution in [2.45, 2.75) is 38.1 Å². The minimum Gasteiger partial charge on any atom is -0.383 e. The molecule has 27 heavy (non-hydrogen) atoms. The summed E-state index contributed by atoms with van der Waals surface area (Å²) in [5, 5.41) is 8.78. The fourth-order valence-electron chi connectivity index (χ4n) is 3.55. The highest BCUT2D eigenvalue weighted by atomic mass is 79.9. The van der Waals surface area contributed by atoms with Gasteiger partial charge in [-0.05, 0) is 47.0 Å². The second-order valence-corrected chi connectivity index (χ2v) is 8.17. The summed E-state index contributed by atoms with van der Waals surface area (Å²) in [6.07, 6.45) is 9.84. The maximum Gasteiger partial charge on any atom is 0.135 e. The molecule has 1 fully saturated rings. The lowest BCUT2D eigenvalue weighted by atomic mass is 9.95. The number of hydrogen-bond acceptors (Lipinski definition) is 3. The molecule has 0 saturated heterocycles. The number of rotatable bonds is 4. The first-order chi connectivity index (χ1) is 13.1. The molecule has 3 aromatic rings. The van der Waals surface area contributed by atoms with Crippen LogP contribution in [-0.2, 0) is 0 Å². The quantitative estimate of drug-likeness (QED) is 0.409. The van der Waals surface area contributed by atoms with Crippen molar-refractivity contribution < 1.29 is 0 Å². The lowest BCUT2D eigenvalue weighted by Gasteiger charge is -2.25. The van der Waals surface area contributed by atoms with Gasteiger partial charge in [-0.25, -0.2) is 9.51 Å². The van der Waals surface area contributed by atoms with E-state index in [1.54, 1.807) is 12.3 Å². The van der Waals surface area contributed by atoms with Crippen LogP contribution in [0.2, 0.25) is 5.02 Å². The van der Waals surface area contributed by atoms with Crippen molar-refractivity contribution in [1.82, 2.24) is 9.61 Å². The summed E-state index contributed by atoms with van der Waals surface area (Å²) in [7, 11) is 0. The fraction of sp³-hybridized carbons (Fsp3) is 0.300. The van der Waals surface area contributed by atoms with E-state index in [0.29, 0.717) is 22.6 Å². The second-order valence-electron chi connectivity index (χ2n) is 6.85. The smallest absolute Gasteiger partial charge is 0.135 e. The fourth-order valence-corrected chi connectivity index (χ4v) is 4.14. The Kier molecular flexibility index (Phi) is 5.36. The van der Waals surface area contributed by atoms with Gasteiger partial charge in [0.25, 0.3) is 0 Å². The number of para-hydroxylation sites is 1. The van der Waals surface area contributed by atoms with Crippen molar-refractivity contribution in [3.05, 3.63) is 57.8 Å². The van der Waals surface area contributed by atoms with E-state index in [4.69, 9.17) is 17.3 Å². The molecule has 5 nitrogen and oxygen atoms in total. The zero-order chi connectivity index (χ0) is 18.8. The van der Waals surface area contributed by atoms with Gasteiger partial charge in [-0.1, -0.05) is 43.0 Å². The van der Waals surface area contributed by atoms with E-state index in [2.05, 4.69) is 31.3 Å². The van der Waals surface area contributed by atoms with Gasteiger partial charge in [0.15, 0.2) is 0 Å². The highest BCUT2D eigenvalue weighted by Crippen LogP contribution is 2.30. The molecule has 0 atom stereocenters. The SMILES string of the molecule is NC(=Nc1ccccc1Cl)c1cnn2cc(Br)cc2c1NC1CCCCC1. The molecule has 3 N–H and O–H groups in total. The molecule has 0 aliphatic heterocycles. The summed E-state index contributed by atoms with van der Waals surface area (Å²) in [6.45, 7) is 0. The van der Waals surface area contributed by atoms with Gasteiger partial charge in [0.1, 0.15) is 5.84 Å². The lowest BCUT2D eigenvalue weighted by Crippen LogP contribution is -2.25. The number of nitrogens with zero attached hydrogens (tertiary/aromatic N) is 3. The molecule has 0 amide bonds. The molecule has 0 unspecified atom stereocenters. The molecule has 4 rings (SSSR count). The summed E-state index contributed by atoms with van der Waals surface area (Å²) < 4.78 is 2.82. The van der Waals surface area contributed by atoms with Crippen molar-refractivity contribution in [2.75, 3.05) is 5.32 Å². The average Bonchev–Trinajstić information content (AvgIpc) is 3.05. The molecule has 7 heteroatoms. The predicted octanol–water partition coefficient (Wildman–Crippen LogP) is 5.53. The Labute approximate surface area is 171 Å². The van der Waals surface area contributed by atoms with Crippen LogP contribution in [0.1, 0.15) is 37.7 Å². The first-order valence-electron chi connectivity index (χ1n) is 9.14. The van der Waals surface area contributed by atoms with Gasteiger partial charge in [0.05, 0.1) is 33.7 Å². The Hall–Kier alpha value is -2.05. The number of nitrogens with two attached hydrogens (primary N) is 1. The van der Waals surface area contributed by atoms with Crippen LogP contribution in [-0.4, -0.2) is 21.5 Å². The van der Waals surface area contributed by atoms with Gasteiger partial charge in [0.2, 0.25) is 0 Å². The van der Waals surface area contributed by atoms with Gasteiger partial charge < -0.3 is 11.1 Å². The standard InChI is InChI=1S/C20H21BrClN5/c21-13-10-18-19(25-14-6-2-1-3-7-14)15(11-24-27(18)12-13)20(23)26-17-9-5-4-8-16(17)22/h4-5,8-12,14,25H,1-3,6-7H2,(H2,23,26). The van der Waals surface area contributed by atoms with Gasteiger partial charge in [-0.15, -0.1) is 0 Å². The molecule has 140 valence electrons. The van der Waals surface area contributed by atoms with E-state index < -0.39 is 0 Å². The first-order valence-corrected chi connectivity index (χ1v) is 10.3. The number of amidine groups is 1. The number of anilines is 1. The largest absolute Gasteiger partial charge is 0.383 e. The molecule has 0 bridgehead atoms. The first kappa shape index (κ1) is 18.3. The second kappa shape index (κ2) is 7.90. The minimum atomic E-state index is 0.397. The molecule has 1 aliphatic carbocycles. The summed E-state index contributed by atoms with van der Waals surface area (Å²) in [6, 6.07) is 9.91. The number of aromatic nitrogens is 2. The number of halogens is 2. The summed E-state index contributed by atoms with van der Waals surface area (Å²) in [5.41, 5.74) is 9.77. The third-order valence-corrected chi connectivity index (χ3v) is 5.68. The zero-order valence-corrected chi connectivity index (χ0v) is 17.2. The molecule has 1 aromatic carbocycles. The number of fused-ring (bicyclic) bond motifs is 1. The van der Waals surface area contributed by atoms with Crippen molar-refractivity contribution >= 4 is 50.3 Å². The van der Waals surface area contributed by atoms with Crippen LogP contribution in [0.15, 0.2) is 52.2 Å². The maximum absolute atomic E-state index is 6.39. The molecular formula is C20H21BrClN5. The van der Waals surface area contributed by atoms with Crippen LogP contribution in [0.4, 0.5) is 11.4 Å². The minimum absolute atomic E-state index is 0.397. The zero-order valence-electron chi connectivity index (χ0n) is 14.8. The van der Waals surface area contributed by atoms with Crippen LogP contribution in [0.3, 0.4) is 0 Å². The molecule has 2 aromatic heterocycles. The number of aliphatic imine (C=N–C) groups is 1. The van der Waals surface area contributed by atoms with Gasteiger partial charge in [-0.3, -0.25) is 0 Å². The van der Waals surface area contributed by atoms with E-state index in [-0.39, 0.29) is 0 Å². The molecule has 2 heterocycles. The molecule has 1 aliphatic rings. The van der Waals surface area contributed by atoms with E-state index in [0.717, 1.165) is 34.1 Å². The highest BCUT2D eigenvalue weighted by Gasteiger charge is 2.19. The number of nitrogens with one attached hydrogen (secondary N) is 1. The maximum atomic E-state index is 6.39. The third-order valence-electron chi connectivity index (χ3n) is 4.93. The van der Waals surface area contributed by atoms with Crippen molar-refractivity contribution in [1.29, 1.82) is 0 Å². The normalized spacial score (nSPS) is 16.0. The van der Waals surface area contributed by atoms with Gasteiger partial charge >= 0.3 is 0 Å².